The molecule has 0 amide bonds. The molecule has 4 rings (SSSR count). The number of likely N-dealkylation sites (tertiary alicyclic amines) is 1. The van der Waals surface area contributed by atoms with Gasteiger partial charge in [0.1, 0.15) is 11.6 Å². The topological polar surface area (TPSA) is 49.0 Å². The summed E-state index contributed by atoms with van der Waals surface area (Å²) in [7, 11) is 0. The Morgan fingerprint density at radius 3 is 2.63 bits per heavy atom. The first-order valence-electron chi connectivity index (χ1n) is 9.83. The van der Waals surface area contributed by atoms with Gasteiger partial charge < -0.3 is 4.98 Å². The summed E-state index contributed by atoms with van der Waals surface area (Å²) in [6, 6.07) is 16.8. The lowest BCUT2D eigenvalue weighted by molar-refractivity contribution is -0.120. The first-order chi connectivity index (χ1) is 13.1. The second-order valence-corrected chi connectivity index (χ2v) is 7.83. The van der Waals surface area contributed by atoms with Crippen molar-refractivity contribution in [1.82, 2.24) is 14.9 Å². The van der Waals surface area contributed by atoms with Gasteiger partial charge >= 0.3 is 0 Å². The predicted molar refractivity (Wildman–Crippen MR) is 109 cm³/mol. The number of rotatable bonds is 5. The lowest BCUT2D eigenvalue weighted by atomic mass is 9.81. The minimum atomic E-state index is -0.128. The van der Waals surface area contributed by atoms with Crippen LogP contribution in [0.1, 0.15) is 42.6 Å². The summed E-state index contributed by atoms with van der Waals surface area (Å²) in [4.78, 5) is 23.2. The fourth-order valence-corrected chi connectivity index (χ4v) is 4.32. The molecule has 2 heterocycles. The maximum atomic E-state index is 12.5. The number of ketones is 1. The van der Waals surface area contributed by atoms with Gasteiger partial charge in [0.2, 0.25) is 0 Å². The van der Waals surface area contributed by atoms with Crippen LogP contribution in [0.25, 0.3) is 11.0 Å². The summed E-state index contributed by atoms with van der Waals surface area (Å²) in [6.07, 6.45) is 2.07. The van der Waals surface area contributed by atoms with Crippen molar-refractivity contribution in [3.63, 3.8) is 0 Å². The van der Waals surface area contributed by atoms with Gasteiger partial charge in [-0.25, -0.2) is 4.98 Å². The number of fused-ring (bicyclic) bond motifs is 1. The largest absolute Gasteiger partial charge is 0.341 e. The number of carbonyl (C=O) groups excluding carboxylic acids is 1. The summed E-state index contributed by atoms with van der Waals surface area (Å²) in [5.74, 6) is 1.28. The maximum absolute atomic E-state index is 12.5. The molecule has 1 N–H and O–H groups in total. The molecule has 4 nitrogen and oxygen atoms in total. The zero-order valence-corrected chi connectivity index (χ0v) is 16.1. The second kappa shape index (κ2) is 7.65. The van der Waals surface area contributed by atoms with E-state index < -0.39 is 0 Å². The number of aryl methyl sites for hydroxylation is 1. The smallest absolute Gasteiger partial charge is 0.140 e. The van der Waals surface area contributed by atoms with E-state index in [1.165, 1.54) is 11.1 Å². The normalized spacial score (nSPS) is 17.3. The molecule has 0 bridgehead atoms. The fourth-order valence-electron chi connectivity index (χ4n) is 4.32. The molecule has 0 aliphatic carbocycles. The van der Waals surface area contributed by atoms with E-state index in [9.17, 15) is 4.79 Å². The van der Waals surface area contributed by atoms with E-state index in [1.807, 2.05) is 0 Å². The predicted octanol–water partition coefficient (Wildman–Crippen LogP) is 4.46. The standard InChI is InChI=1S/C23H27N3O/c1-16-8-9-20-21(14-16)25-23(24-20)22(17(2)27)19-10-12-26(13-11-19)15-18-6-4-3-5-7-18/h3-9,14,19,22H,10-13,15H2,1-2H3,(H,24,25). The van der Waals surface area contributed by atoms with Crippen molar-refractivity contribution in [2.24, 2.45) is 5.92 Å². The zero-order chi connectivity index (χ0) is 18.8. The van der Waals surface area contributed by atoms with Gasteiger partial charge in [-0.15, -0.1) is 0 Å². The number of hydrogen-bond acceptors (Lipinski definition) is 3. The van der Waals surface area contributed by atoms with E-state index >= 15 is 0 Å². The van der Waals surface area contributed by atoms with Crippen molar-refractivity contribution in [3.8, 4) is 0 Å². The molecule has 1 unspecified atom stereocenters. The number of benzene rings is 2. The van der Waals surface area contributed by atoms with Gasteiger partial charge in [-0.2, -0.15) is 0 Å². The number of H-pyrrole nitrogens is 1. The molecule has 3 aromatic rings. The molecule has 0 radical (unpaired) electrons. The Morgan fingerprint density at radius 2 is 1.93 bits per heavy atom. The summed E-state index contributed by atoms with van der Waals surface area (Å²) in [6.45, 7) is 6.83. The minimum Gasteiger partial charge on any atom is -0.341 e. The van der Waals surface area contributed by atoms with E-state index in [4.69, 9.17) is 4.98 Å². The monoisotopic (exact) mass is 361 g/mol. The molecule has 27 heavy (non-hydrogen) atoms. The second-order valence-electron chi connectivity index (χ2n) is 7.83. The number of aromatic amines is 1. The highest BCUT2D eigenvalue weighted by Crippen LogP contribution is 2.33. The Bertz CT molecular complexity index is 923. The van der Waals surface area contributed by atoms with Gasteiger partial charge in [0.25, 0.3) is 0 Å². The van der Waals surface area contributed by atoms with Crippen LogP contribution in [0.2, 0.25) is 0 Å². The number of hydrogen-bond donors (Lipinski definition) is 1. The lowest BCUT2D eigenvalue weighted by Crippen LogP contribution is -2.36. The molecule has 1 aliphatic rings. The molecular formula is C23H27N3O. The first kappa shape index (κ1) is 17.9. The van der Waals surface area contributed by atoms with Crippen molar-refractivity contribution >= 4 is 16.8 Å². The van der Waals surface area contributed by atoms with Crippen LogP contribution in [-0.4, -0.2) is 33.7 Å². The average molecular weight is 361 g/mol. The quantitative estimate of drug-likeness (QED) is 0.730. The highest BCUT2D eigenvalue weighted by atomic mass is 16.1. The van der Waals surface area contributed by atoms with Crippen LogP contribution in [0.15, 0.2) is 48.5 Å². The SMILES string of the molecule is CC(=O)C(c1nc2cc(C)ccc2[nH]1)C1CCN(Cc2ccccc2)CC1. The third-order valence-corrected chi connectivity index (χ3v) is 5.74. The van der Waals surface area contributed by atoms with Gasteiger partial charge in [-0.1, -0.05) is 36.4 Å². The van der Waals surface area contributed by atoms with Gasteiger partial charge in [-0.3, -0.25) is 9.69 Å². The molecule has 0 saturated carbocycles. The van der Waals surface area contributed by atoms with E-state index in [-0.39, 0.29) is 11.7 Å². The Kier molecular flexibility index (Phi) is 5.08. The molecule has 140 valence electrons. The van der Waals surface area contributed by atoms with Gasteiger partial charge in [0.15, 0.2) is 0 Å². The number of nitrogens with one attached hydrogen (secondary N) is 1. The highest BCUT2D eigenvalue weighted by Gasteiger charge is 2.32. The Hall–Kier alpha value is -2.46. The van der Waals surface area contributed by atoms with E-state index in [0.29, 0.717) is 5.92 Å². The van der Waals surface area contributed by atoms with Crippen molar-refractivity contribution < 1.29 is 4.79 Å². The number of nitrogens with zero attached hydrogens (tertiary/aromatic N) is 2. The van der Waals surface area contributed by atoms with Crippen molar-refractivity contribution in [2.45, 2.75) is 39.2 Å². The summed E-state index contributed by atoms with van der Waals surface area (Å²) >= 11 is 0. The van der Waals surface area contributed by atoms with Gasteiger partial charge in [-0.05, 0) is 69.0 Å². The van der Waals surface area contributed by atoms with Crippen LogP contribution in [0.4, 0.5) is 0 Å². The van der Waals surface area contributed by atoms with Crippen LogP contribution in [0, 0.1) is 12.8 Å². The lowest BCUT2D eigenvalue weighted by Gasteiger charge is -2.34. The van der Waals surface area contributed by atoms with Crippen LogP contribution < -0.4 is 0 Å². The molecule has 1 aliphatic heterocycles. The Labute approximate surface area is 160 Å². The van der Waals surface area contributed by atoms with Crippen LogP contribution in [-0.2, 0) is 11.3 Å². The molecule has 2 aromatic carbocycles. The Morgan fingerprint density at radius 1 is 1.19 bits per heavy atom. The molecule has 1 aromatic heterocycles. The third kappa shape index (κ3) is 3.96. The van der Waals surface area contributed by atoms with E-state index in [0.717, 1.165) is 49.3 Å². The van der Waals surface area contributed by atoms with Crippen molar-refractivity contribution in [1.29, 1.82) is 0 Å². The summed E-state index contributed by atoms with van der Waals surface area (Å²) in [5.41, 5.74) is 4.52. The Balaban J connectivity index is 1.47. The fraction of sp³-hybridized carbons (Fsp3) is 0.391. The number of Topliss-reactive ketones (excluding diaryl/α,β-unsaturated/α-hetero) is 1. The summed E-state index contributed by atoms with van der Waals surface area (Å²) in [5, 5.41) is 0. The molecule has 1 fully saturated rings. The highest BCUT2D eigenvalue weighted by molar-refractivity contribution is 5.84. The average Bonchev–Trinajstić information content (AvgIpc) is 3.06. The zero-order valence-electron chi connectivity index (χ0n) is 16.1. The third-order valence-electron chi connectivity index (χ3n) is 5.74. The number of imidazole rings is 1. The molecule has 4 heteroatoms. The van der Waals surface area contributed by atoms with E-state index in [1.54, 1.807) is 6.92 Å². The molecular weight excluding hydrogens is 334 g/mol. The maximum Gasteiger partial charge on any atom is 0.140 e. The number of aromatic nitrogens is 2. The molecule has 0 spiro atoms. The first-order valence-corrected chi connectivity index (χ1v) is 9.83. The molecule has 1 atom stereocenters. The van der Waals surface area contributed by atoms with Gasteiger partial charge in [0.05, 0.1) is 17.0 Å². The van der Waals surface area contributed by atoms with Crippen molar-refractivity contribution in [3.05, 3.63) is 65.5 Å². The number of piperidine rings is 1. The van der Waals surface area contributed by atoms with Crippen LogP contribution in [0.3, 0.4) is 0 Å². The molecule has 1 saturated heterocycles. The van der Waals surface area contributed by atoms with Crippen molar-refractivity contribution in [2.75, 3.05) is 13.1 Å². The summed E-state index contributed by atoms with van der Waals surface area (Å²) < 4.78 is 0. The minimum absolute atomic E-state index is 0.128. The van der Waals surface area contributed by atoms with Crippen LogP contribution >= 0.6 is 0 Å². The van der Waals surface area contributed by atoms with E-state index in [2.05, 4.69) is 65.3 Å². The number of carbonyl (C=O) groups is 1. The van der Waals surface area contributed by atoms with Crippen LogP contribution in [0.5, 0.6) is 0 Å². The van der Waals surface area contributed by atoms with Gasteiger partial charge in [0, 0.05) is 6.54 Å².